The fourth-order valence-corrected chi connectivity index (χ4v) is 11.6. The molecule has 0 radical (unpaired) electrons. The number of para-hydroxylation sites is 3. The number of hydrogen-bond acceptors (Lipinski definition) is 3. The van der Waals surface area contributed by atoms with Gasteiger partial charge in [0.25, 0.3) is 0 Å². The van der Waals surface area contributed by atoms with E-state index >= 15 is 0 Å². The Balaban J connectivity index is 1.05. The molecule has 14 rings (SSSR count). The van der Waals surface area contributed by atoms with Crippen LogP contribution < -0.4 is 0 Å². The minimum Gasteiger partial charge on any atom is -0.453 e. The summed E-state index contributed by atoms with van der Waals surface area (Å²) in [5.74, 6) is 0.638. The highest BCUT2D eigenvalue weighted by molar-refractivity contribution is 6.22. The summed E-state index contributed by atoms with van der Waals surface area (Å²) in [4.78, 5) is 10.8. The molecule has 11 aromatic rings. The van der Waals surface area contributed by atoms with Gasteiger partial charge in [0.1, 0.15) is 5.58 Å². The molecule has 0 unspecified atom stereocenters. The first kappa shape index (κ1) is 36.2. The third kappa shape index (κ3) is 4.91. The fraction of sp³-hybridized carbons (Fsp3) is 0.0492. The number of amidine groups is 1. The Hall–Kier alpha value is -8.34. The average molecular weight is 830 g/mol. The molecule has 3 heterocycles. The minimum atomic E-state index is -0.460. The van der Waals surface area contributed by atoms with Gasteiger partial charge in [-0.3, -0.25) is 0 Å². The Bertz CT molecular complexity index is 3870. The zero-order valence-corrected chi connectivity index (χ0v) is 35.6. The molecule has 0 amide bonds. The fourth-order valence-electron chi connectivity index (χ4n) is 11.6. The second kappa shape index (κ2) is 13.6. The van der Waals surface area contributed by atoms with Crippen LogP contribution in [-0.4, -0.2) is 16.1 Å². The van der Waals surface area contributed by atoms with Crippen molar-refractivity contribution in [3.8, 4) is 27.9 Å². The number of aromatic nitrogens is 1. The number of aliphatic imine (C=N–C) groups is 2. The van der Waals surface area contributed by atoms with Gasteiger partial charge in [0.15, 0.2) is 11.4 Å². The van der Waals surface area contributed by atoms with E-state index in [9.17, 15) is 0 Å². The standard InChI is InChI=1S/C61H39N3O/c1-37-36-52(38-18-4-2-5-19-38)62-60(63-56(37)39-20-6-3-7-21-39)47-28-16-26-44-45-27-17-33-54(59(45)65-58(44)47)64-53-32-15-11-24-42(53)43-34-35-51-55(57(43)64)46-25-10-14-31-50(46)61(51)48-29-12-8-22-40(48)41-23-9-13-30-49(41)61/h2-35H,36H2,1H3. The quantitative estimate of drug-likeness (QED) is 0.174. The van der Waals surface area contributed by atoms with Crippen molar-refractivity contribution in [1.29, 1.82) is 0 Å². The van der Waals surface area contributed by atoms with Gasteiger partial charge < -0.3 is 8.98 Å². The van der Waals surface area contributed by atoms with Crippen LogP contribution in [0.1, 0.15) is 52.3 Å². The molecule has 304 valence electrons. The lowest BCUT2D eigenvalue weighted by Crippen LogP contribution is -2.25. The second-order valence-corrected chi connectivity index (χ2v) is 17.6. The highest BCUT2D eigenvalue weighted by Crippen LogP contribution is 2.64. The van der Waals surface area contributed by atoms with E-state index < -0.39 is 5.41 Å². The lowest BCUT2D eigenvalue weighted by Gasteiger charge is -2.30. The van der Waals surface area contributed by atoms with Crippen molar-refractivity contribution in [3.63, 3.8) is 0 Å². The number of furan rings is 1. The van der Waals surface area contributed by atoms with Gasteiger partial charge >= 0.3 is 0 Å². The normalized spacial score (nSPS) is 14.7. The van der Waals surface area contributed by atoms with Gasteiger partial charge in [-0.25, -0.2) is 9.98 Å². The van der Waals surface area contributed by atoms with E-state index in [0.29, 0.717) is 12.3 Å². The smallest absolute Gasteiger partial charge is 0.163 e. The molecule has 1 aliphatic heterocycles. The summed E-state index contributed by atoms with van der Waals surface area (Å²) in [6.45, 7) is 2.17. The van der Waals surface area contributed by atoms with Crippen LogP contribution in [0.25, 0.3) is 77.4 Å². The molecular formula is C61H39N3O. The van der Waals surface area contributed by atoms with Crippen molar-refractivity contribution in [2.75, 3.05) is 0 Å². The van der Waals surface area contributed by atoms with Gasteiger partial charge in [-0.05, 0) is 75.2 Å². The molecule has 65 heavy (non-hydrogen) atoms. The first-order valence-corrected chi connectivity index (χ1v) is 22.5. The van der Waals surface area contributed by atoms with Gasteiger partial charge in [0, 0.05) is 39.1 Å². The van der Waals surface area contributed by atoms with E-state index in [1.54, 1.807) is 0 Å². The third-order valence-electron chi connectivity index (χ3n) is 14.2. The highest BCUT2D eigenvalue weighted by atomic mass is 16.3. The zero-order valence-electron chi connectivity index (χ0n) is 35.6. The molecule has 0 atom stereocenters. The minimum absolute atomic E-state index is 0.460. The SMILES string of the molecule is CC1=C(c2ccccc2)N=C(c2cccc3c2oc2c(-n4c5ccccc5c5ccc6c(c54)-c4ccccc4C64c5ccccc5-c5ccccc54)cccc23)N=C(c2ccccc2)C1. The van der Waals surface area contributed by atoms with Gasteiger partial charge in [0.2, 0.25) is 0 Å². The first-order chi connectivity index (χ1) is 32.2. The number of nitrogens with zero attached hydrogens (tertiary/aromatic N) is 3. The maximum Gasteiger partial charge on any atom is 0.163 e. The summed E-state index contributed by atoms with van der Waals surface area (Å²) >= 11 is 0. The van der Waals surface area contributed by atoms with E-state index in [4.69, 9.17) is 14.4 Å². The van der Waals surface area contributed by atoms with Crippen LogP contribution in [0.2, 0.25) is 0 Å². The molecule has 1 spiro atoms. The van der Waals surface area contributed by atoms with E-state index in [1.165, 1.54) is 66.4 Å². The van der Waals surface area contributed by atoms with Crippen molar-refractivity contribution in [2.24, 2.45) is 9.98 Å². The monoisotopic (exact) mass is 829 g/mol. The van der Waals surface area contributed by atoms with Crippen molar-refractivity contribution in [2.45, 2.75) is 18.8 Å². The van der Waals surface area contributed by atoms with Crippen LogP contribution in [0.4, 0.5) is 0 Å². The molecule has 4 heteroatoms. The maximum atomic E-state index is 7.33. The van der Waals surface area contributed by atoms with Crippen LogP contribution in [0.15, 0.2) is 226 Å². The van der Waals surface area contributed by atoms with Crippen LogP contribution >= 0.6 is 0 Å². The second-order valence-electron chi connectivity index (χ2n) is 17.6. The van der Waals surface area contributed by atoms with Crippen molar-refractivity contribution in [1.82, 2.24) is 4.57 Å². The van der Waals surface area contributed by atoms with Crippen LogP contribution in [0.5, 0.6) is 0 Å². The van der Waals surface area contributed by atoms with Gasteiger partial charge in [0.05, 0.1) is 39.1 Å². The summed E-state index contributed by atoms with van der Waals surface area (Å²) in [5.41, 5.74) is 21.0. The van der Waals surface area contributed by atoms with Gasteiger partial charge in [-0.1, -0.05) is 188 Å². The number of hydrogen-bond donors (Lipinski definition) is 0. The lowest BCUT2D eigenvalue weighted by atomic mass is 9.70. The number of allylic oxidation sites excluding steroid dienone is 1. The lowest BCUT2D eigenvalue weighted by molar-refractivity contribution is 0.665. The molecule has 2 aromatic heterocycles. The average Bonchev–Trinajstić information content (AvgIpc) is 4.06. The van der Waals surface area contributed by atoms with Crippen LogP contribution in [0, 0.1) is 0 Å². The maximum absolute atomic E-state index is 7.33. The number of fused-ring (bicyclic) bond motifs is 17. The molecule has 3 aliphatic rings. The first-order valence-electron chi connectivity index (χ1n) is 22.5. The van der Waals surface area contributed by atoms with E-state index in [2.05, 4.69) is 212 Å². The molecular weight excluding hydrogens is 791 g/mol. The summed E-state index contributed by atoms with van der Waals surface area (Å²) in [7, 11) is 0. The molecule has 0 N–H and O–H groups in total. The number of benzene rings is 9. The molecule has 0 saturated heterocycles. The van der Waals surface area contributed by atoms with Crippen LogP contribution in [-0.2, 0) is 5.41 Å². The largest absolute Gasteiger partial charge is 0.453 e. The zero-order chi connectivity index (χ0) is 42.8. The van der Waals surface area contributed by atoms with Crippen molar-refractivity contribution < 1.29 is 4.42 Å². The Morgan fingerprint density at radius 2 is 1.02 bits per heavy atom. The Morgan fingerprint density at radius 1 is 0.446 bits per heavy atom. The van der Waals surface area contributed by atoms with Gasteiger partial charge in [-0.2, -0.15) is 0 Å². The molecule has 2 aliphatic carbocycles. The molecule has 0 fully saturated rings. The third-order valence-corrected chi connectivity index (χ3v) is 14.2. The topological polar surface area (TPSA) is 42.8 Å². The summed E-state index contributed by atoms with van der Waals surface area (Å²) in [5, 5.41) is 4.49. The summed E-state index contributed by atoms with van der Waals surface area (Å²) < 4.78 is 9.80. The van der Waals surface area contributed by atoms with Crippen LogP contribution in [0.3, 0.4) is 0 Å². The molecule has 9 aromatic carbocycles. The highest BCUT2D eigenvalue weighted by Gasteiger charge is 2.52. The summed E-state index contributed by atoms with van der Waals surface area (Å²) in [6, 6.07) is 74.7. The van der Waals surface area contributed by atoms with E-state index in [-0.39, 0.29) is 0 Å². The summed E-state index contributed by atoms with van der Waals surface area (Å²) in [6.07, 6.45) is 0.682. The van der Waals surface area contributed by atoms with Crippen molar-refractivity contribution >= 4 is 61.0 Å². The molecule has 0 saturated carbocycles. The Labute approximate surface area is 375 Å². The predicted molar refractivity (Wildman–Crippen MR) is 268 cm³/mol. The molecule has 4 nitrogen and oxygen atoms in total. The molecule has 0 bridgehead atoms. The number of rotatable bonds is 4. The van der Waals surface area contributed by atoms with Crippen molar-refractivity contribution in [3.05, 3.63) is 251 Å². The Morgan fingerprint density at radius 3 is 1.75 bits per heavy atom. The Kier molecular flexibility index (Phi) is 7.56. The van der Waals surface area contributed by atoms with Gasteiger partial charge in [-0.15, -0.1) is 0 Å². The van der Waals surface area contributed by atoms with E-state index in [0.717, 1.165) is 61.2 Å². The van der Waals surface area contributed by atoms with E-state index in [1.807, 2.05) is 6.07 Å². The predicted octanol–water partition coefficient (Wildman–Crippen LogP) is 15.1.